The average Bonchev–Trinajstić information content (AvgIpc) is 2.63. The van der Waals surface area contributed by atoms with Crippen LogP contribution in [-0.2, 0) is 14.4 Å². The second-order valence-electron chi connectivity index (χ2n) is 6.51. The number of imide groups is 1. The third-order valence-corrected chi connectivity index (χ3v) is 4.43. The van der Waals surface area contributed by atoms with Crippen molar-refractivity contribution in [3.63, 3.8) is 0 Å². The maximum absolute atomic E-state index is 12.2. The second-order valence-corrected chi connectivity index (χ2v) is 6.51. The van der Waals surface area contributed by atoms with E-state index in [-0.39, 0.29) is 11.8 Å². The number of hydrogen-bond acceptors (Lipinski definition) is 5. The zero-order valence-corrected chi connectivity index (χ0v) is 15.6. The Morgan fingerprint density at radius 3 is 2.58 bits per heavy atom. The number of amides is 3. The number of nitrogens with one attached hydrogen (secondary N) is 3. The molecule has 3 N–H and O–H groups in total. The Hall–Kier alpha value is -2.41. The zero-order valence-electron chi connectivity index (χ0n) is 15.6. The lowest BCUT2D eigenvalue weighted by Gasteiger charge is -2.21. The summed E-state index contributed by atoms with van der Waals surface area (Å²) in [6, 6.07) is 5.25. The minimum atomic E-state index is -0.925. The lowest BCUT2D eigenvalue weighted by atomic mass is 9.97. The molecule has 142 valence electrons. The Labute approximate surface area is 153 Å². The molecule has 26 heavy (non-hydrogen) atoms. The molecule has 0 aromatic heterocycles. The number of carbonyl (C=O) groups excluding carboxylic acids is 3. The van der Waals surface area contributed by atoms with Crippen LogP contribution in [0.15, 0.2) is 18.2 Å². The fourth-order valence-corrected chi connectivity index (χ4v) is 2.99. The summed E-state index contributed by atoms with van der Waals surface area (Å²) in [6.45, 7) is 7.58. The quantitative estimate of drug-likeness (QED) is 0.685. The van der Waals surface area contributed by atoms with Crippen molar-refractivity contribution in [2.75, 3.05) is 19.7 Å². The molecule has 7 nitrogen and oxygen atoms in total. The number of carbonyl (C=O) groups is 3. The van der Waals surface area contributed by atoms with Crippen molar-refractivity contribution in [1.29, 1.82) is 0 Å². The Bertz CT molecular complexity index is 669. The summed E-state index contributed by atoms with van der Waals surface area (Å²) in [4.78, 5) is 36.3. The molecule has 1 heterocycles. The predicted molar refractivity (Wildman–Crippen MR) is 97.6 cm³/mol. The van der Waals surface area contributed by atoms with E-state index in [9.17, 15) is 14.4 Å². The molecular weight excluding hydrogens is 334 g/mol. The van der Waals surface area contributed by atoms with Gasteiger partial charge in [0.05, 0.1) is 12.6 Å². The highest BCUT2D eigenvalue weighted by Gasteiger charge is 2.26. The van der Waals surface area contributed by atoms with E-state index in [1.807, 2.05) is 32.0 Å². The summed E-state index contributed by atoms with van der Waals surface area (Å²) in [5.41, 5.74) is 1.81. The van der Waals surface area contributed by atoms with Crippen molar-refractivity contribution in [2.24, 2.45) is 5.92 Å². The van der Waals surface area contributed by atoms with E-state index in [0.717, 1.165) is 24.2 Å². The van der Waals surface area contributed by atoms with Gasteiger partial charge < -0.3 is 15.4 Å². The van der Waals surface area contributed by atoms with Crippen LogP contribution in [0.2, 0.25) is 0 Å². The lowest BCUT2D eigenvalue weighted by molar-refractivity contribution is -0.143. The van der Waals surface area contributed by atoms with Crippen LogP contribution in [0.3, 0.4) is 0 Å². The highest BCUT2D eigenvalue weighted by atomic mass is 16.5. The fourth-order valence-electron chi connectivity index (χ4n) is 2.99. The van der Waals surface area contributed by atoms with E-state index >= 15 is 0 Å². The maximum atomic E-state index is 12.2. The number of aryl methyl sites for hydroxylation is 1. The minimum absolute atomic E-state index is 0.230. The van der Waals surface area contributed by atoms with E-state index in [1.54, 1.807) is 6.92 Å². The van der Waals surface area contributed by atoms with Crippen LogP contribution in [-0.4, -0.2) is 37.4 Å². The van der Waals surface area contributed by atoms with Crippen LogP contribution < -0.4 is 20.7 Å². The smallest absolute Gasteiger partial charge is 0.315 e. The highest BCUT2D eigenvalue weighted by Crippen LogP contribution is 2.26. The largest absolute Gasteiger partial charge is 0.494 e. The third kappa shape index (κ3) is 5.29. The van der Waals surface area contributed by atoms with Gasteiger partial charge in [0.25, 0.3) is 0 Å². The van der Waals surface area contributed by atoms with Crippen molar-refractivity contribution in [2.45, 2.75) is 39.7 Å². The monoisotopic (exact) mass is 361 g/mol. The zero-order chi connectivity index (χ0) is 19.1. The molecule has 7 heteroatoms. The second kappa shape index (κ2) is 9.33. The first-order valence-electron chi connectivity index (χ1n) is 9.02. The van der Waals surface area contributed by atoms with E-state index < -0.39 is 17.9 Å². The first-order valence-corrected chi connectivity index (χ1v) is 9.02. The Morgan fingerprint density at radius 1 is 1.23 bits per heavy atom. The molecule has 1 atom stereocenters. The van der Waals surface area contributed by atoms with E-state index in [2.05, 4.69) is 16.0 Å². The summed E-state index contributed by atoms with van der Waals surface area (Å²) < 4.78 is 5.59. The highest BCUT2D eigenvalue weighted by molar-refractivity contribution is 6.37. The van der Waals surface area contributed by atoms with Crippen molar-refractivity contribution < 1.29 is 19.1 Å². The van der Waals surface area contributed by atoms with Gasteiger partial charge >= 0.3 is 11.8 Å². The summed E-state index contributed by atoms with van der Waals surface area (Å²) in [5.74, 6) is -1.71. The first-order chi connectivity index (χ1) is 12.4. The van der Waals surface area contributed by atoms with Gasteiger partial charge in [-0.3, -0.25) is 19.7 Å². The molecule has 0 saturated carbocycles. The van der Waals surface area contributed by atoms with Gasteiger partial charge in [-0.15, -0.1) is 0 Å². The maximum Gasteiger partial charge on any atom is 0.315 e. The number of rotatable bonds is 5. The normalized spacial score (nSPS) is 15.8. The van der Waals surface area contributed by atoms with Crippen molar-refractivity contribution in [3.05, 3.63) is 29.3 Å². The molecular formula is C19H27N3O4. The summed E-state index contributed by atoms with van der Waals surface area (Å²) >= 11 is 0. The van der Waals surface area contributed by atoms with Gasteiger partial charge in [-0.05, 0) is 52.8 Å². The number of ether oxygens (including phenoxy) is 1. The molecule has 1 unspecified atom stereocenters. The summed E-state index contributed by atoms with van der Waals surface area (Å²) in [6.07, 6.45) is 1.33. The molecule has 1 saturated heterocycles. The van der Waals surface area contributed by atoms with Crippen LogP contribution in [0.25, 0.3) is 0 Å². The van der Waals surface area contributed by atoms with Gasteiger partial charge in [0.2, 0.25) is 5.91 Å². The van der Waals surface area contributed by atoms with Crippen LogP contribution in [0.5, 0.6) is 5.75 Å². The van der Waals surface area contributed by atoms with Crippen molar-refractivity contribution in [3.8, 4) is 5.75 Å². The molecule has 1 fully saturated rings. The molecule has 0 spiro atoms. The topological polar surface area (TPSA) is 96.5 Å². The van der Waals surface area contributed by atoms with Gasteiger partial charge in [-0.2, -0.15) is 0 Å². The molecule has 2 rings (SSSR count). The Balaban J connectivity index is 1.96. The number of benzene rings is 1. The van der Waals surface area contributed by atoms with Crippen LogP contribution in [0.4, 0.5) is 0 Å². The summed E-state index contributed by atoms with van der Waals surface area (Å²) in [5, 5.41) is 8.00. The van der Waals surface area contributed by atoms with E-state index in [1.165, 1.54) is 0 Å². The van der Waals surface area contributed by atoms with Gasteiger partial charge in [-0.25, -0.2) is 0 Å². The molecule has 1 aromatic carbocycles. The third-order valence-electron chi connectivity index (χ3n) is 4.43. The molecule has 1 aromatic rings. The van der Waals surface area contributed by atoms with Gasteiger partial charge in [0.15, 0.2) is 0 Å². The molecule has 0 radical (unpaired) electrons. The minimum Gasteiger partial charge on any atom is -0.494 e. The van der Waals surface area contributed by atoms with Crippen LogP contribution >= 0.6 is 0 Å². The molecule has 1 aliphatic heterocycles. The molecule has 0 aliphatic carbocycles. The molecule has 1 aliphatic rings. The van der Waals surface area contributed by atoms with E-state index in [4.69, 9.17) is 4.74 Å². The SMILES string of the molecule is CCOc1ccc(C)cc1C(C)NC(=O)C(=O)NC(=O)C1CCNCC1. The Morgan fingerprint density at radius 2 is 1.92 bits per heavy atom. The standard InChI is InChI=1S/C19H27N3O4/c1-4-26-16-6-5-12(2)11-15(16)13(3)21-18(24)19(25)22-17(23)14-7-9-20-10-8-14/h5-6,11,13-14,20H,4,7-10H2,1-3H3,(H,21,24)(H,22,23,25). The van der Waals surface area contributed by atoms with Crippen LogP contribution in [0, 0.1) is 12.8 Å². The fraction of sp³-hybridized carbons (Fsp3) is 0.526. The van der Waals surface area contributed by atoms with Gasteiger partial charge in [0, 0.05) is 11.5 Å². The number of hydrogen-bond donors (Lipinski definition) is 3. The predicted octanol–water partition coefficient (Wildman–Crippen LogP) is 1.21. The van der Waals surface area contributed by atoms with Crippen LogP contribution in [0.1, 0.15) is 43.9 Å². The van der Waals surface area contributed by atoms with Crippen molar-refractivity contribution in [1.82, 2.24) is 16.0 Å². The first kappa shape index (κ1) is 19.9. The van der Waals surface area contributed by atoms with Gasteiger partial charge in [-0.1, -0.05) is 17.7 Å². The van der Waals surface area contributed by atoms with E-state index in [0.29, 0.717) is 25.2 Å². The molecule has 0 bridgehead atoms. The number of piperidine rings is 1. The van der Waals surface area contributed by atoms with Crippen molar-refractivity contribution >= 4 is 17.7 Å². The average molecular weight is 361 g/mol. The van der Waals surface area contributed by atoms with Gasteiger partial charge in [0.1, 0.15) is 5.75 Å². The molecule has 3 amide bonds. The Kier molecular flexibility index (Phi) is 7.15. The lowest BCUT2D eigenvalue weighted by Crippen LogP contribution is -2.47. The summed E-state index contributed by atoms with van der Waals surface area (Å²) in [7, 11) is 0.